The predicted molar refractivity (Wildman–Crippen MR) is 107 cm³/mol. The van der Waals surface area contributed by atoms with E-state index in [2.05, 4.69) is 29.4 Å². The van der Waals surface area contributed by atoms with Crippen molar-refractivity contribution in [2.24, 2.45) is 41.5 Å². The molecule has 7 aliphatic rings. The van der Waals surface area contributed by atoms with Crippen LogP contribution in [0.4, 0.5) is 0 Å². The minimum Gasteiger partial charge on any atom is -0.496 e. The van der Waals surface area contributed by atoms with Gasteiger partial charge in [0.25, 0.3) is 0 Å². The molecule has 9 rings (SSSR count). The number of nitrogens with one attached hydrogen (secondary N) is 1. The molecule has 2 spiro atoms. The Morgan fingerprint density at radius 3 is 2.33 bits per heavy atom. The second kappa shape index (κ2) is 4.34. The van der Waals surface area contributed by atoms with Gasteiger partial charge in [-0.1, -0.05) is 12.2 Å². The number of allylic oxidation sites excluding steroid dienone is 2. The molecule has 4 fully saturated rings. The zero-order valence-electron chi connectivity index (χ0n) is 17.1. The number of rotatable bonds is 3. The maximum Gasteiger partial charge on any atom is 0.347 e. The Balaban J connectivity index is 1.35. The van der Waals surface area contributed by atoms with Crippen LogP contribution < -0.4 is 20.9 Å². The summed E-state index contributed by atoms with van der Waals surface area (Å²) in [5, 5.41) is 2.77. The number of ether oxygens (including phenoxy) is 2. The summed E-state index contributed by atoms with van der Waals surface area (Å²) in [5.74, 6) is 5.93. The third kappa shape index (κ3) is 1.23. The van der Waals surface area contributed by atoms with E-state index >= 15 is 0 Å². The van der Waals surface area contributed by atoms with Gasteiger partial charge in [-0.3, -0.25) is 0 Å². The molecular weight excluding hydrogens is 382 g/mol. The van der Waals surface area contributed by atoms with Crippen molar-refractivity contribution in [1.29, 1.82) is 0 Å². The average molecular weight is 405 g/mol. The van der Waals surface area contributed by atoms with E-state index in [-0.39, 0.29) is 28.3 Å². The maximum absolute atomic E-state index is 12.6. The van der Waals surface area contributed by atoms with Gasteiger partial charge in [0.1, 0.15) is 11.5 Å². The Morgan fingerprint density at radius 2 is 1.70 bits per heavy atom. The molecule has 0 radical (unpaired) electrons. The lowest BCUT2D eigenvalue weighted by Gasteiger charge is -2.50. The minimum atomic E-state index is -0.352. The summed E-state index contributed by atoms with van der Waals surface area (Å²) >= 11 is 0. The highest BCUT2D eigenvalue weighted by Gasteiger charge is 3.01. The summed E-state index contributed by atoms with van der Waals surface area (Å²) in [4.78, 5) is 24.7. The summed E-state index contributed by atoms with van der Waals surface area (Å²) in [5.41, 5.74) is 2.51. The van der Waals surface area contributed by atoms with Crippen LogP contribution in [0.1, 0.15) is 35.4 Å². The number of methoxy groups -OCH3 is 2. The van der Waals surface area contributed by atoms with Gasteiger partial charge in [0.15, 0.2) is 0 Å². The first-order valence-electron chi connectivity index (χ1n) is 10.8. The van der Waals surface area contributed by atoms with Gasteiger partial charge in [0.2, 0.25) is 0 Å². The molecule has 0 aliphatic heterocycles. The molecule has 7 heteroatoms. The molecule has 30 heavy (non-hydrogen) atoms. The zero-order chi connectivity index (χ0) is 20.3. The van der Waals surface area contributed by atoms with E-state index in [1.54, 1.807) is 14.2 Å². The van der Waals surface area contributed by atoms with Crippen molar-refractivity contribution in [3.63, 3.8) is 0 Å². The maximum atomic E-state index is 12.6. The average Bonchev–Trinajstić information content (AvgIpc) is 3.53. The lowest BCUT2D eigenvalue weighted by Crippen LogP contribution is -2.43. The normalized spacial score (nSPS) is 46.4. The van der Waals surface area contributed by atoms with E-state index in [1.807, 2.05) is 0 Å². The fourth-order valence-corrected chi connectivity index (χ4v) is 9.46. The van der Waals surface area contributed by atoms with Crippen LogP contribution in [0.15, 0.2) is 33.9 Å². The van der Waals surface area contributed by atoms with Crippen LogP contribution in [0, 0.1) is 34.5 Å². The number of hydrogen-bond donors (Lipinski definition) is 1. The monoisotopic (exact) mass is 405 g/mol. The fraction of sp³-hybridized carbons (Fsp3) is 0.565. The Hall–Kier alpha value is -2.70. The van der Waals surface area contributed by atoms with Crippen LogP contribution in [0.3, 0.4) is 0 Å². The SMILES string of the molecule is COc1ccc(OC)c2c1[C@@H]1[C@H]3[C@@H]4[C@@H]3[C@H]3[C@@]5(C=C[C@@H](n6[nH]c(=O)n(C)c6=O)C[C@@]135)[C@@H]24. The van der Waals surface area contributed by atoms with Gasteiger partial charge in [0.05, 0.1) is 20.3 Å². The van der Waals surface area contributed by atoms with Crippen molar-refractivity contribution >= 4 is 0 Å². The van der Waals surface area contributed by atoms with Crippen LogP contribution in [-0.4, -0.2) is 28.6 Å². The van der Waals surface area contributed by atoms with Crippen molar-refractivity contribution in [2.45, 2.75) is 24.3 Å². The largest absolute Gasteiger partial charge is 0.496 e. The highest BCUT2D eigenvalue weighted by Crippen LogP contribution is 3.06. The van der Waals surface area contributed by atoms with Gasteiger partial charge < -0.3 is 9.47 Å². The Bertz CT molecular complexity index is 1330. The smallest absolute Gasteiger partial charge is 0.347 e. The molecule has 1 heterocycles. The molecule has 7 nitrogen and oxygen atoms in total. The van der Waals surface area contributed by atoms with Gasteiger partial charge in [-0.25, -0.2) is 23.9 Å². The second-order valence-corrected chi connectivity index (χ2v) is 10.2. The zero-order valence-corrected chi connectivity index (χ0v) is 17.1. The van der Waals surface area contributed by atoms with Gasteiger partial charge in [0, 0.05) is 29.5 Å². The van der Waals surface area contributed by atoms with E-state index in [0.29, 0.717) is 17.8 Å². The minimum absolute atomic E-state index is 0.0973. The Labute approximate surface area is 172 Å². The molecule has 4 saturated carbocycles. The Morgan fingerprint density at radius 1 is 1.03 bits per heavy atom. The molecule has 0 amide bonds. The molecule has 1 aromatic carbocycles. The van der Waals surface area contributed by atoms with E-state index in [9.17, 15) is 9.59 Å². The van der Waals surface area contributed by atoms with E-state index in [4.69, 9.17) is 9.47 Å². The van der Waals surface area contributed by atoms with Crippen molar-refractivity contribution in [1.82, 2.24) is 14.3 Å². The highest BCUT2D eigenvalue weighted by atomic mass is 16.5. The number of aromatic amines is 1. The standard InChI is InChI=1S/C23H23N3O4/c1-25-20(27)24-26(21(25)28)9-6-7-22-17-12-10(29-2)4-5-11(30-3)13(12)18-15-14(17)16(15)19(22)23(18,22)8-9/h4-7,9,14-19H,8H2,1-3H3,(H,24,27)/t9-,14-,15+,16+,17+,18-,19+,22-,23-/m1/s1. The van der Waals surface area contributed by atoms with Crippen molar-refractivity contribution < 1.29 is 9.47 Å². The summed E-state index contributed by atoms with van der Waals surface area (Å²) in [6.45, 7) is 0. The number of aromatic nitrogens is 3. The second-order valence-electron chi connectivity index (χ2n) is 10.2. The van der Waals surface area contributed by atoms with Crippen molar-refractivity contribution in [3.8, 4) is 11.5 Å². The number of nitrogens with zero attached hydrogens (tertiary/aromatic N) is 2. The molecule has 7 aliphatic carbocycles. The first kappa shape index (κ1) is 16.1. The quantitative estimate of drug-likeness (QED) is 0.790. The van der Waals surface area contributed by atoms with Gasteiger partial charge >= 0.3 is 11.4 Å². The summed E-state index contributed by atoms with van der Waals surface area (Å²) in [6.07, 6.45) is 5.52. The molecule has 154 valence electrons. The fourth-order valence-electron chi connectivity index (χ4n) is 9.46. The molecule has 1 N–H and O–H groups in total. The number of benzene rings is 1. The van der Waals surface area contributed by atoms with Crippen LogP contribution in [0.5, 0.6) is 11.5 Å². The molecular formula is C23H23N3O4. The molecule has 2 bridgehead atoms. The predicted octanol–water partition coefficient (Wildman–Crippen LogP) is 1.77. The topological polar surface area (TPSA) is 78.2 Å². The summed E-state index contributed by atoms with van der Waals surface area (Å²) in [6, 6.07) is 4.02. The third-order valence-corrected chi connectivity index (χ3v) is 9.96. The first-order valence-corrected chi connectivity index (χ1v) is 10.8. The summed E-state index contributed by atoms with van der Waals surface area (Å²) < 4.78 is 14.4. The van der Waals surface area contributed by atoms with Crippen LogP contribution in [0.2, 0.25) is 0 Å². The van der Waals surface area contributed by atoms with Gasteiger partial charge in [-0.15, -0.1) is 0 Å². The molecule has 0 unspecified atom stereocenters. The van der Waals surface area contributed by atoms with Crippen LogP contribution in [-0.2, 0) is 7.05 Å². The molecule has 1 aromatic heterocycles. The highest BCUT2D eigenvalue weighted by molar-refractivity contribution is 5.70. The first-order chi connectivity index (χ1) is 14.5. The van der Waals surface area contributed by atoms with Crippen molar-refractivity contribution in [3.05, 3.63) is 56.4 Å². The van der Waals surface area contributed by atoms with E-state index in [0.717, 1.165) is 40.2 Å². The lowest BCUT2D eigenvalue weighted by atomic mass is 9.53. The van der Waals surface area contributed by atoms with Crippen LogP contribution >= 0.6 is 0 Å². The Kier molecular flexibility index (Phi) is 2.32. The molecule has 0 saturated heterocycles. The van der Waals surface area contributed by atoms with Gasteiger partial charge in [-0.2, -0.15) is 0 Å². The van der Waals surface area contributed by atoms with Crippen molar-refractivity contribution in [2.75, 3.05) is 14.2 Å². The van der Waals surface area contributed by atoms with E-state index in [1.165, 1.54) is 22.9 Å². The lowest BCUT2D eigenvalue weighted by molar-refractivity contribution is 0.131. The van der Waals surface area contributed by atoms with Gasteiger partial charge in [-0.05, 0) is 53.6 Å². The number of H-pyrrole nitrogens is 1. The molecule has 2 aromatic rings. The van der Waals surface area contributed by atoms with Crippen LogP contribution in [0.25, 0.3) is 0 Å². The third-order valence-electron chi connectivity index (χ3n) is 9.96. The summed E-state index contributed by atoms with van der Waals surface area (Å²) in [7, 11) is 5.06. The van der Waals surface area contributed by atoms with E-state index < -0.39 is 0 Å². The molecule has 9 atom stereocenters. The number of hydrogen-bond acceptors (Lipinski definition) is 4.